The van der Waals surface area contributed by atoms with Crippen LogP contribution in [0.2, 0.25) is 0 Å². The molecule has 1 unspecified atom stereocenters. The van der Waals surface area contributed by atoms with Crippen LogP contribution in [-0.2, 0) is 7.05 Å². The lowest BCUT2D eigenvalue weighted by molar-refractivity contribution is 0.719. The molecule has 1 aromatic carbocycles. The molecule has 0 saturated heterocycles. The lowest BCUT2D eigenvalue weighted by Crippen LogP contribution is -2.12. The topological polar surface area (TPSA) is 66.5 Å². The Balaban J connectivity index is 2.18. The van der Waals surface area contributed by atoms with E-state index in [9.17, 15) is 0 Å². The van der Waals surface area contributed by atoms with Crippen LogP contribution in [0.3, 0.4) is 0 Å². The van der Waals surface area contributed by atoms with E-state index in [0.29, 0.717) is 5.56 Å². The minimum Gasteiger partial charge on any atom is -0.375 e. The first-order chi connectivity index (χ1) is 8.61. The minimum atomic E-state index is 0.0600. The summed E-state index contributed by atoms with van der Waals surface area (Å²) in [7, 11) is 1.91. The fourth-order valence-electron chi connectivity index (χ4n) is 1.88. The van der Waals surface area contributed by atoms with Gasteiger partial charge in [0, 0.05) is 12.7 Å². The molecule has 1 heterocycles. The maximum absolute atomic E-state index is 8.89. The second-order valence-corrected chi connectivity index (χ2v) is 4.31. The van der Waals surface area contributed by atoms with E-state index in [2.05, 4.69) is 21.6 Å². The van der Waals surface area contributed by atoms with Gasteiger partial charge in [0.1, 0.15) is 6.33 Å². The van der Waals surface area contributed by atoms with Gasteiger partial charge in [0.25, 0.3) is 0 Å². The van der Waals surface area contributed by atoms with Crippen molar-refractivity contribution >= 4 is 5.69 Å². The molecular weight excluding hydrogens is 226 g/mol. The molecule has 0 radical (unpaired) electrons. The van der Waals surface area contributed by atoms with Crippen molar-refractivity contribution in [2.45, 2.75) is 19.9 Å². The Morgan fingerprint density at radius 3 is 2.78 bits per heavy atom. The zero-order valence-electron chi connectivity index (χ0n) is 10.7. The molecule has 5 nitrogen and oxygen atoms in total. The average Bonchev–Trinajstić information content (AvgIpc) is 2.76. The van der Waals surface area contributed by atoms with Crippen molar-refractivity contribution in [2.24, 2.45) is 7.05 Å². The molecule has 0 bridgehead atoms. The standard InChI is InChI=1S/C13H15N5/c1-9-6-12(5-4-11(9)7-14)16-10(2)13-17-15-8-18(13)3/h4-6,8,10,16H,1-3H3. The van der Waals surface area contributed by atoms with E-state index < -0.39 is 0 Å². The third-order valence-corrected chi connectivity index (χ3v) is 2.86. The quantitative estimate of drug-likeness (QED) is 0.894. The molecule has 92 valence electrons. The average molecular weight is 241 g/mol. The number of nitriles is 1. The van der Waals surface area contributed by atoms with Gasteiger partial charge in [-0.1, -0.05) is 0 Å². The highest BCUT2D eigenvalue weighted by Gasteiger charge is 2.11. The van der Waals surface area contributed by atoms with Crippen LogP contribution in [0.5, 0.6) is 0 Å². The highest BCUT2D eigenvalue weighted by atomic mass is 15.3. The van der Waals surface area contributed by atoms with E-state index in [-0.39, 0.29) is 6.04 Å². The van der Waals surface area contributed by atoms with Gasteiger partial charge in [-0.3, -0.25) is 0 Å². The van der Waals surface area contributed by atoms with E-state index in [1.807, 2.05) is 43.7 Å². The lowest BCUT2D eigenvalue weighted by atomic mass is 10.1. The Morgan fingerprint density at radius 1 is 1.44 bits per heavy atom. The molecule has 0 spiro atoms. The zero-order valence-corrected chi connectivity index (χ0v) is 10.7. The molecule has 1 aromatic heterocycles. The Hall–Kier alpha value is -2.35. The van der Waals surface area contributed by atoms with Crippen LogP contribution in [0.25, 0.3) is 0 Å². The van der Waals surface area contributed by atoms with Gasteiger partial charge in [-0.25, -0.2) is 0 Å². The van der Waals surface area contributed by atoms with Gasteiger partial charge in [0.15, 0.2) is 5.82 Å². The van der Waals surface area contributed by atoms with Crippen LogP contribution in [0, 0.1) is 18.3 Å². The van der Waals surface area contributed by atoms with Crippen molar-refractivity contribution in [1.82, 2.24) is 14.8 Å². The van der Waals surface area contributed by atoms with E-state index in [4.69, 9.17) is 5.26 Å². The molecule has 2 aromatic rings. The Bertz CT molecular complexity index is 594. The summed E-state index contributed by atoms with van der Waals surface area (Å²) in [6.45, 7) is 3.95. The molecular formula is C13H15N5. The fraction of sp³-hybridized carbons (Fsp3) is 0.308. The number of benzene rings is 1. The van der Waals surface area contributed by atoms with Gasteiger partial charge in [0.05, 0.1) is 17.7 Å². The smallest absolute Gasteiger partial charge is 0.154 e. The Labute approximate surface area is 106 Å². The largest absolute Gasteiger partial charge is 0.375 e. The van der Waals surface area contributed by atoms with E-state index in [1.165, 1.54) is 0 Å². The number of aryl methyl sites for hydroxylation is 2. The highest BCUT2D eigenvalue weighted by Crippen LogP contribution is 2.19. The number of hydrogen-bond acceptors (Lipinski definition) is 4. The third-order valence-electron chi connectivity index (χ3n) is 2.86. The van der Waals surface area contributed by atoms with Crippen molar-refractivity contribution < 1.29 is 0 Å². The van der Waals surface area contributed by atoms with E-state index in [1.54, 1.807) is 6.33 Å². The number of aromatic nitrogens is 3. The van der Waals surface area contributed by atoms with Crippen LogP contribution in [-0.4, -0.2) is 14.8 Å². The SMILES string of the molecule is Cc1cc(NC(C)c2nncn2C)ccc1C#N. The van der Waals surface area contributed by atoms with Crippen molar-refractivity contribution in [2.75, 3.05) is 5.32 Å². The maximum Gasteiger partial charge on any atom is 0.154 e. The van der Waals surface area contributed by atoms with Crippen LogP contribution < -0.4 is 5.32 Å². The Morgan fingerprint density at radius 2 is 2.22 bits per heavy atom. The van der Waals surface area contributed by atoms with Crippen LogP contribution in [0.1, 0.15) is 29.9 Å². The normalized spacial score (nSPS) is 11.9. The van der Waals surface area contributed by atoms with Crippen LogP contribution in [0.4, 0.5) is 5.69 Å². The second-order valence-electron chi connectivity index (χ2n) is 4.31. The molecule has 0 aliphatic heterocycles. The number of anilines is 1. The first kappa shape index (κ1) is 12.1. The second kappa shape index (κ2) is 4.88. The van der Waals surface area contributed by atoms with Gasteiger partial charge in [-0.2, -0.15) is 5.26 Å². The zero-order chi connectivity index (χ0) is 13.1. The van der Waals surface area contributed by atoms with Gasteiger partial charge in [0.2, 0.25) is 0 Å². The first-order valence-corrected chi connectivity index (χ1v) is 5.73. The summed E-state index contributed by atoms with van der Waals surface area (Å²) in [5.41, 5.74) is 2.64. The van der Waals surface area contributed by atoms with Gasteiger partial charge in [-0.05, 0) is 37.6 Å². The van der Waals surface area contributed by atoms with Crippen molar-refractivity contribution in [3.05, 3.63) is 41.5 Å². The Kier molecular flexibility index (Phi) is 3.28. The van der Waals surface area contributed by atoms with Gasteiger partial charge >= 0.3 is 0 Å². The number of nitrogens with one attached hydrogen (secondary N) is 1. The summed E-state index contributed by atoms with van der Waals surface area (Å²) in [6, 6.07) is 7.90. The van der Waals surface area contributed by atoms with Crippen LogP contribution in [0.15, 0.2) is 24.5 Å². The monoisotopic (exact) mass is 241 g/mol. The van der Waals surface area contributed by atoms with Crippen molar-refractivity contribution in [3.8, 4) is 6.07 Å². The summed E-state index contributed by atoms with van der Waals surface area (Å²) in [5, 5.41) is 20.2. The van der Waals surface area contributed by atoms with E-state index in [0.717, 1.165) is 17.1 Å². The third kappa shape index (κ3) is 2.33. The van der Waals surface area contributed by atoms with Crippen LogP contribution >= 0.6 is 0 Å². The predicted molar refractivity (Wildman–Crippen MR) is 68.9 cm³/mol. The fourth-order valence-corrected chi connectivity index (χ4v) is 1.88. The molecule has 0 aliphatic carbocycles. The summed E-state index contributed by atoms with van der Waals surface area (Å²) in [4.78, 5) is 0. The summed E-state index contributed by atoms with van der Waals surface area (Å²) in [6.07, 6.45) is 1.68. The first-order valence-electron chi connectivity index (χ1n) is 5.73. The molecule has 1 atom stereocenters. The summed E-state index contributed by atoms with van der Waals surface area (Å²) < 4.78 is 1.88. The number of nitrogens with zero attached hydrogens (tertiary/aromatic N) is 4. The lowest BCUT2D eigenvalue weighted by Gasteiger charge is -2.15. The number of rotatable bonds is 3. The predicted octanol–water partition coefficient (Wildman–Crippen LogP) is 2.17. The molecule has 18 heavy (non-hydrogen) atoms. The van der Waals surface area contributed by atoms with Crippen molar-refractivity contribution in [1.29, 1.82) is 5.26 Å². The summed E-state index contributed by atoms with van der Waals surface area (Å²) >= 11 is 0. The summed E-state index contributed by atoms with van der Waals surface area (Å²) in [5.74, 6) is 0.872. The van der Waals surface area contributed by atoms with E-state index >= 15 is 0 Å². The van der Waals surface area contributed by atoms with Gasteiger partial charge in [-0.15, -0.1) is 10.2 Å². The maximum atomic E-state index is 8.89. The number of hydrogen-bond donors (Lipinski definition) is 1. The van der Waals surface area contributed by atoms with Gasteiger partial charge < -0.3 is 9.88 Å². The molecule has 0 saturated carbocycles. The molecule has 0 aliphatic rings. The molecule has 5 heteroatoms. The minimum absolute atomic E-state index is 0.0600. The highest BCUT2D eigenvalue weighted by molar-refractivity contribution is 5.52. The van der Waals surface area contributed by atoms with Crippen molar-refractivity contribution in [3.63, 3.8) is 0 Å². The molecule has 0 fully saturated rings. The molecule has 2 rings (SSSR count). The molecule has 1 N–H and O–H groups in total. The molecule has 0 amide bonds.